The van der Waals surface area contributed by atoms with E-state index in [0.717, 1.165) is 17.3 Å². The number of halogens is 1. The fraction of sp³-hybridized carbons (Fsp3) is 0.273. The molecule has 1 aromatic carbocycles. The van der Waals surface area contributed by atoms with E-state index < -0.39 is 29.8 Å². The molecule has 1 N–H and O–H groups in total. The van der Waals surface area contributed by atoms with E-state index in [4.69, 9.17) is 4.74 Å². The van der Waals surface area contributed by atoms with E-state index in [1.165, 1.54) is 9.58 Å². The quantitative estimate of drug-likeness (QED) is 0.696. The predicted octanol–water partition coefficient (Wildman–Crippen LogP) is 2.32. The van der Waals surface area contributed by atoms with Gasteiger partial charge in [-0.15, -0.1) is 0 Å². The van der Waals surface area contributed by atoms with Gasteiger partial charge in [0, 0.05) is 13.2 Å². The van der Waals surface area contributed by atoms with Crippen LogP contribution in [0.3, 0.4) is 0 Å². The van der Waals surface area contributed by atoms with Gasteiger partial charge in [0.2, 0.25) is 0 Å². The molecule has 2 aromatic heterocycles. The first-order chi connectivity index (χ1) is 14.8. The number of nitrogens with zero attached hydrogens (tertiary/aromatic N) is 4. The fourth-order valence-electron chi connectivity index (χ4n) is 3.41. The number of hydrogen-bond donors (Lipinski definition) is 1. The molecule has 0 aliphatic carbocycles. The van der Waals surface area contributed by atoms with E-state index in [-0.39, 0.29) is 5.69 Å². The molecule has 0 saturated carbocycles. The van der Waals surface area contributed by atoms with Crippen molar-refractivity contribution < 1.29 is 18.7 Å². The number of carbonyl (C=O) groups excluding carboxylic acids is 2. The summed E-state index contributed by atoms with van der Waals surface area (Å²) in [5, 5.41) is 6.64. The van der Waals surface area contributed by atoms with Crippen molar-refractivity contribution in [3.63, 3.8) is 0 Å². The predicted molar refractivity (Wildman–Crippen MR) is 111 cm³/mol. The zero-order chi connectivity index (χ0) is 22.1. The molecule has 3 aromatic rings. The molecule has 3 heterocycles. The summed E-state index contributed by atoms with van der Waals surface area (Å²) in [6.45, 7) is 3.95. The number of ether oxygens (including phenoxy) is 1. The molecule has 1 aliphatic rings. The number of likely N-dealkylation sites (N-methyl/N-ethyl adjacent to an activating group) is 1. The normalized spacial score (nSPS) is 18.2. The van der Waals surface area contributed by atoms with Crippen molar-refractivity contribution in [3.05, 3.63) is 71.4 Å². The summed E-state index contributed by atoms with van der Waals surface area (Å²) in [6.07, 6.45) is 2.02. The molecule has 8 nitrogen and oxygen atoms in total. The van der Waals surface area contributed by atoms with Crippen molar-refractivity contribution in [2.24, 2.45) is 0 Å². The molecule has 160 valence electrons. The molecule has 0 radical (unpaired) electrons. The van der Waals surface area contributed by atoms with Crippen LogP contribution in [0.1, 0.15) is 28.5 Å². The van der Waals surface area contributed by atoms with Crippen molar-refractivity contribution in [3.8, 4) is 5.75 Å². The van der Waals surface area contributed by atoms with Crippen LogP contribution in [0.5, 0.6) is 5.75 Å². The molecule has 9 heteroatoms. The van der Waals surface area contributed by atoms with Crippen molar-refractivity contribution in [1.82, 2.24) is 20.1 Å². The van der Waals surface area contributed by atoms with Gasteiger partial charge in [-0.05, 0) is 31.5 Å². The molecule has 0 spiro atoms. The van der Waals surface area contributed by atoms with Crippen LogP contribution in [-0.4, -0.2) is 45.8 Å². The Labute approximate surface area is 178 Å². The highest BCUT2D eigenvalue weighted by Gasteiger charge is 2.37. The average molecular weight is 423 g/mol. The topological polar surface area (TPSA) is 89.4 Å². The van der Waals surface area contributed by atoms with Crippen LogP contribution < -0.4 is 15.0 Å². The third kappa shape index (κ3) is 4.11. The van der Waals surface area contributed by atoms with E-state index >= 15 is 0 Å². The maximum Gasteiger partial charge on any atom is 0.275 e. The number of hydrogen-bond acceptors (Lipinski definition) is 5. The number of nitrogens with one attached hydrogen (secondary N) is 1. The highest BCUT2D eigenvalue weighted by Crippen LogP contribution is 2.29. The van der Waals surface area contributed by atoms with Gasteiger partial charge < -0.3 is 10.1 Å². The summed E-state index contributed by atoms with van der Waals surface area (Å²) in [5.74, 6) is -1.20. The number of aromatic nitrogens is 3. The number of anilines is 1. The second kappa shape index (κ2) is 8.17. The highest BCUT2D eigenvalue weighted by molar-refractivity contribution is 6.02. The van der Waals surface area contributed by atoms with E-state index in [0.29, 0.717) is 18.1 Å². The van der Waals surface area contributed by atoms with Crippen LogP contribution in [0.15, 0.2) is 48.8 Å². The van der Waals surface area contributed by atoms with Crippen molar-refractivity contribution in [1.29, 1.82) is 0 Å². The smallest absolute Gasteiger partial charge is 0.275 e. The second-order valence-corrected chi connectivity index (χ2v) is 7.51. The van der Waals surface area contributed by atoms with Gasteiger partial charge in [-0.3, -0.25) is 19.2 Å². The first-order valence-corrected chi connectivity index (χ1v) is 9.82. The van der Waals surface area contributed by atoms with E-state index in [1.807, 2.05) is 31.2 Å². The minimum Gasteiger partial charge on any atom is -0.484 e. The maximum atomic E-state index is 14.5. The molecule has 0 unspecified atom stereocenters. The monoisotopic (exact) mass is 423 g/mol. The molecule has 4 rings (SSSR count). The third-order valence-electron chi connectivity index (χ3n) is 5.13. The number of amides is 2. The number of pyridine rings is 1. The van der Waals surface area contributed by atoms with Crippen LogP contribution in [0.4, 0.5) is 10.2 Å². The van der Waals surface area contributed by atoms with Crippen molar-refractivity contribution >= 4 is 17.6 Å². The number of fused-ring (bicyclic) bond motifs is 1. The van der Waals surface area contributed by atoms with Gasteiger partial charge in [-0.1, -0.05) is 29.8 Å². The second-order valence-electron chi connectivity index (χ2n) is 7.51. The Morgan fingerprint density at radius 1 is 1.26 bits per heavy atom. The van der Waals surface area contributed by atoms with Crippen molar-refractivity contribution in [2.45, 2.75) is 32.5 Å². The molecular formula is C22H22FN5O3. The molecular weight excluding hydrogens is 401 g/mol. The van der Waals surface area contributed by atoms with Gasteiger partial charge in [-0.2, -0.15) is 5.10 Å². The lowest BCUT2D eigenvalue weighted by Crippen LogP contribution is -2.53. The van der Waals surface area contributed by atoms with Crippen LogP contribution >= 0.6 is 0 Å². The van der Waals surface area contributed by atoms with Crippen LogP contribution in [-0.2, 0) is 11.3 Å². The summed E-state index contributed by atoms with van der Waals surface area (Å²) in [5.41, 5.74) is 1.66. The van der Waals surface area contributed by atoms with Gasteiger partial charge in [-0.25, -0.2) is 9.37 Å². The van der Waals surface area contributed by atoms with Gasteiger partial charge in [0.15, 0.2) is 23.1 Å². The Morgan fingerprint density at radius 2 is 2.00 bits per heavy atom. The van der Waals surface area contributed by atoms with Gasteiger partial charge in [0.1, 0.15) is 12.1 Å². The van der Waals surface area contributed by atoms with Crippen molar-refractivity contribution in [2.75, 3.05) is 11.9 Å². The summed E-state index contributed by atoms with van der Waals surface area (Å²) in [4.78, 5) is 31.2. The minimum absolute atomic E-state index is 0.316. The molecule has 31 heavy (non-hydrogen) atoms. The Hall–Kier alpha value is -3.75. The van der Waals surface area contributed by atoms with Gasteiger partial charge in [0.05, 0.1) is 12.7 Å². The van der Waals surface area contributed by atoms with Crippen LogP contribution in [0.2, 0.25) is 0 Å². The summed E-state index contributed by atoms with van der Waals surface area (Å²) in [6, 6.07) is 10.1. The lowest BCUT2D eigenvalue weighted by atomic mass is 10.1. The van der Waals surface area contributed by atoms with E-state index in [9.17, 15) is 14.0 Å². The van der Waals surface area contributed by atoms with Crippen LogP contribution in [0, 0.1) is 12.7 Å². The summed E-state index contributed by atoms with van der Waals surface area (Å²) in [7, 11) is 1.55. The lowest BCUT2D eigenvalue weighted by molar-refractivity contribution is -0.121. The Balaban J connectivity index is 1.52. The lowest BCUT2D eigenvalue weighted by Gasteiger charge is -2.23. The Morgan fingerprint density at radius 3 is 2.74 bits per heavy atom. The third-order valence-corrected chi connectivity index (χ3v) is 5.13. The molecule has 2 amide bonds. The summed E-state index contributed by atoms with van der Waals surface area (Å²) >= 11 is 0. The fourth-order valence-corrected chi connectivity index (χ4v) is 3.41. The zero-order valence-electron chi connectivity index (χ0n) is 17.4. The first-order valence-electron chi connectivity index (χ1n) is 9.82. The van der Waals surface area contributed by atoms with Gasteiger partial charge in [0.25, 0.3) is 11.8 Å². The molecule has 0 fully saturated rings. The van der Waals surface area contributed by atoms with Gasteiger partial charge >= 0.3 is 0 Å². The maximum absolute atomic E-state index is 14.5. The number of aryl methyl sites for hydroxylation is 1. The van der Waals surface area contributed by atoms with E-state index in [1.54, 1.807) is 32.3 Å². The molecule has 1 aliphatic heterocycles. The number of benzene rings is 1. The Kier molecular flexibility index (Phi) is 5.41. The largest absolute Gasteiger partial charge is 0.484 e. The molecule has 0 saturated heterocycles. The summed E-state index contributed by atoms with van der Waals surface area (Å²) < 4.78 is 21.6. The standard InChI is InChI=1S/C22H22FN5O3/c1-13-6-8-15(9-7-13)11-28-12-16(23)19(26-28)21(29)25-18-14(2)31-17-5-4-10-24-20(17)27(3)22(18)30/h4-10,12,14,18H,11H2,1-3H3,(H,25,29)/t14-,18+/m1/s1. The number of rotatable bonds is 4. The Bertz CT molecular complexity index is 1130. The zero-order valence-corrected chi connectivity index (χ0v) is 17.4. The molecule has 2 atom stereocenters. The first kappa shape index (κ1) is 20.5. The molecule has 0 bridgehead atoms. The SMILES string of the molecule is Cc1ccc(Cn2cc(F)c(C(=O)N[C@@H]3C(=O)N(C)c4ncccc4O[C@@H]3C)n2)cc1. The van der Waals surface area contributed by atoms with E-state index in [2.05, 4.69) is 15.4 Å². The van der Waals surface area contributed by atoms with Crippen LogP contribution in [0.25, 0.3) is 0 Å². The highest BCUT2D eigenvalue weighted by atomic mass is 19.1. The average Bonchev–Trinajstić information content (AvgIpc) is 3.09. The minimum atomic E-state index is -1.03. The number of carbonyl (C=O) groups is 2.